The van der Waals surface area contributed by atoms with E-state index in [9.17, 15) is 0 Å². The Bertz CT molecular complexity index is 1340. The highest BCUT2D eigenvalue weighted by Gasteiger charge is 2.17. The number of rotatable bonds is 4. The van der Waals surface area contributed by atoms with Crippen molar-refractivity contribution in [2.45, 2.75) is 26.2 Å². The lowest BCUT2D eigenvalue weighted by molar-refractivity contribution is 0.579. The molecule has 5 rings (SSSR count). The zero-order chi connectivity index (χ0) is 21.2. The molecule has 0 aliphatic carbocycles. The Morgan fingerprint density at radius 3 is 2.81 bits per heavy atom. The van der Waals surface area contributed by atoms with Crippen molar-refractivity contribution in [2.24, 2.45) is 0 Å². The number of nitrogens with zero attached hydrogens (tertiary/aromatic N) is 4. The zero-order valence-electron chi connectivity index (χ0n) is 17.7. The van der Waals surface area contributed by atoms with Crippen LogP contribution >= 0.6 is 0 Å². The Labute approximate surface area is 181 Å². The van der Waals surface area contributed by atoms with Gasteiger partial charge in [-0.25, -0.2) is 4.98 Å². The number of aromatic amines is 2. The van der Waals surface area contributed by atoms with E-state index in [2.05, 4.69) is 54.8 Å². The monoisotopic (exact) mass is 410 g/mol. The average molecular weight is 411 g/mol. The minimum absolute atomic E-state index is 0.862. The minimum atomic E-state index is 0.862. The largest absolute Gasteiger partial charge is 0.371 e. The first-order chi connectivity index (χ1) is 15.2. The smallest absolute Gasteiger partial charge is 0.139 e. The van der Waals surface area contributed by atoms with Crippen molar-refractivity contribution >= 4 is 34.4 Å². The number of nitrogens with one attached hydrogen (secondary N) is 2. The van der Waals surface area contributed by atoms with Crippen LogP contribution in [0.15, 0.2) is 49.4 Å². The molecular formula is C25H26N6. The normalized spacial score (nSPS) is 15.7. The van der Waals surface area contributed by atoms with Crippen LogP contribution in [0.5, 0.6) is 0 Å². The summed E-state index contributed by atoms with van der Waals surface area (Å²) in [6, 6.07) is 8.23. The molecule has 6 nitrogen and oxygen atoms in total. The van der Waals surface area contributed by atoms with E-state index in [1.54, 1.807) is 6.20 Å². The van der Waals surface area contributed by atoms with Crippen molar-refractivity contribution in [3.63, 3.8) is 0 Å². The fourth-order valence-corrected chi connectivity index (χ4v) is 4.30. The maximum absolute atomic E-state index is 4.62. The predicted molar refractivity (Wildman–Crippen MR) is 127 cm³/mol. The summed E-state index contributed by atoms with van der Waals surface area (Å²) in [5, 5.41) is 10.9. The van der Waals surface area contributed by atoms with Crippen molar-refractivity contribution in [2.75, 3.05) is 18.0 Å². The SMILES string of the molecule is C=C(/C=c1/c(-c2cc3c(N4CCCCC4)ccnc3[nH]2)n[nH]/c1=C/C)c1cccnc1. The number of H-pyrrole nitrogens is 2. The molecule has 0 spiro atoms. The Morgan fingerprint density at radius 1 is 1.16 bits per heavy atom. The molecule has 1 fully saturated rings. The van der Waals surface area contributed by atoms with E-state index in [1.807, 2.05) is 37.5 Å². The van der Waals surface area contributed by atoms with E-state index in [-0.39, 0.29) is 0 Å². The van der Waals surface area contributed by atoms with E-state index >= 15 is 0 Å². The molecule has 4 aromatic rings. The van der Waals surface area contributed by atoms with Gasteiger partial charge in [-0.05, 0) is 61.6 Å². The highest BCUT2D eigenvalue weighted by molar-refractivity contribution is 5.94. The quantitative estimate of drug-likeness (QED) is 0.539. The molecular weight excluding hydrogens is 384 g/mol. The Hall–Kier alpha value is -3.67. The van der Waals surface area contributed by atoms with Crippen molar-refractivity contribution in [3.8, 4) is 11.4 Å². The molecule has 31 heavy (non-hydrogen) atoms. The molecule has 156 valence electrons. The number of hydrogen-bond donors (Lipinski definition) is 2. The molecule has 1 saturated heterocycles. The third-order valence-electron chi connectivity index (χ3n) is 5.93. The van der Waals surface area contributed by atoms with E-state index < -0.39 is 0 Å². The Kier molecular flexibility index (Phi) is 5.12. The van der Waals surface area contributed by atoms with Gasteiger partial charge < -0.3 is 9.88 Å². The fraction of sp³-hybridized carbons (Fsp3) is 0.240. The van der Waals surface area contributed by atoms with Gasteiger partial charge in [0, 0.05) is 48.0 Å². The third kappa shape index (κ3) is 3.65. The van der Waals surface area contributed by atoms with Gasteiger partial charge in [-0.15, -0.1) is 0 Å². The average Bonchev–Trinajstić information content (AvgIpc) is 3.43. The van der Waals surface area contributed by atoms with Gasteiger partial charge in [0.25, 0.3) is 0 Å². The fourth-order valence-electron chi connectivity index (χ4n) is 4.30. The molecule has 0 amide bonds. The van der Waals surface area contributed by atoms with Crippen molar-refractivity contribution in [1.82, 2.24) is 25.1 Å². The van der Waals surface area contributed by atoms with Gasteiger partial charge in [-0.3, -0.25) is 10.1 Å². The van der Waals surface area contributed by atoms with Gasteiger partial charge in [-0.2, -0.15) is 5.10 Å². The molecule has 0 saturated carbocycles. The van der Waals surface area contributed by atoms with Crippen LogP contribution in [0.3, 0.4) is 0 Å². The van der Waals surface area contributed by atoms with E-state index in [1.165, 1.54) is 24.9 Å². The first-order valence-electron chi connectivity index (χ1n) is 10.8. The second kappa shape index (κ2) is 8.22. The lowest BCUT2D eigenvalue weighted by atomic mass is 10.1. The molecule has 4 aromatic heterocycles. The van der Waals surface area contributed by atoms with Crippen LogP contribution in [-0.2, 0) is 0 Å². The van der Waals surface area contributed by atoms with Gasteiger partial charge in [0.1, 0.15) is 11.3 Å². The van der Waals surface area contributed by atoms with Crippen molar-refractivity contribution < 1.29 is 0 Å². The number of piperidine rings is 1. The number of anilines is 1. The van der Waals surface area contributed by atoms with E-state index in [0.29, 0.717) is 0 Å². The summed E-state index contributed by atoms with van der Waals surface area (Å²) in [6.07, 6.45) is 13.4. The lowest BCUT2D eigenvalue weighted by Gasteiger charge is -2.29. The van der Waals surface area contributed by atoms with E-state index in [0.717, 1.165) is 57.2 Å². The highest BCUT2D eigenvalue weighted by Crippen LogP contribution is 2.30. The van der Waals surface area contributed by atoms with Crippen LogP contribution in [0, 0.1) is 0 Å². The number of aromatic nitrogens is 5. The van der Waals surface area contributed by atoms with Gasteiger partial charge in [0.2, 0.25) is 0 Å². The second-order valence-electron chi connectivity index (χ2n) is 7.92. The topological polar surface area (TPSA) is 73.5 Å². The van der Waals surface area contributed by atoms with Gasteiger partial charge >= 0.3 is 0 Å². The van der Waals surface area contributed by atoms with Crippen LogP contribution in [0.25, 0.3) is 40.1 Å². The van der Waals surface area contributed by atoms with Gasteiger partial charge in [-0.1, -0.05) is 18.7 Å². The van der Waals surface area contributed by atoms with Crippen LogP contribution in [0.2, 0.25) is 0 Å². The molecule has 0 bridgehead atoms. The first kappa shape index (κ1) is 19.3. The summed E-state index contributed by atoms with van der Waals surface area (Å²) >= 11 is 0. The summed E-state index contributed by atoms with van der Waals surface area (Å²) in [5.74, 6) is 0. The second-order valence-corrected chi connectivity index (χ2v) is 7.92. The maximum atomic E-state index is 4.62. The Morgan fingerprint density at radius 2 is 2.03 bits per heavy atom. The maximum Gasteiger partial charge on any atom is 0.139 e. The Balaban J connectivity index is 1.62. The molecule has 6 heteroatoms. The van der Waals surface area contributed by atoms with Crippen LogP contribution in [-0.4, -0.2) is 38.2 Å². The first-order valence-corrected chi connectivity index (χ1v) is 10.8. The lowest BCUT2D eigenvalue weighted by Crippen LogP contribution is -2.29. The summed E-state index contributed by atoms with van der Waals surface area (Å²) in [4.78, 5) is 14.8. The van der Waals surface area contributed by atoms with Crippen molar-refractivity contribution in [3.05, 3.63) is 65.6 Å². The standard InChI is InChI=1S/C25H26N6/c1-3-21-19(14-17(2)18-8-7-10-26-16-18)24(30-29-21)22-15-20-23(9-11-27-25(20)28-22)31-12-5-4-6-13-31/h3,7-11,14-16,29H,2,4-6,12-13H2,1H3,(H,27,28)/b19-14+,21-3+. The van der Waals surface area contributed by atoms with Gasteiger partial charge in [0.15, 0.2) is 0 Å². The molecule has 5 heterocycles. The molecule has 1 aliphatic heterocycles. The minimum Gasteiger partial charge on any atom is -0.371 e. The van der Waals surface area contributed by atoms with E-state index in [4.69, 9.17) is 0 Å². The number of hydrogen-bond acceptors (Lipinski definition) is 4. The summed E-state index contributed by atoms with van der Waals surface area (Å²) in [7, 11) is 0. The number of pyridine rings is 2. The van der Waals surface area contributed by atoms with Gasteiger partial charge in [0.05, 0.1) is 11.0 Å². The summed E-state index contributed by atoms with van der Waals surface area (Å²) < 4.78 is 0. The van der Waals surface area contributed by atoms with Crippen LogP contribution < -0.4 is 15.5 Å². The number of fused-ring (bicyclic) bond motifs is 1. The predicted octanol–water partition coefficient (Wildman–Crippen LogP) is 3.63. The molecule has 0 aromatic carbocycles. The number of allylic oxidation sites excluding steroid dienone is 1. The molecule has 1 aliphatic rings. The molecule has 0 unspecified atom stereocenters. The molecule has 0 atom stereocenters. The highest BCUT2D eigenvalue weighted by atomic mass is 15.1. The summed E-state index contributed by atoms with van der Waals surface area (Å²) in [6.45, 7) is 8.45. The van der Waals surface area contributed by atoms with Crippen molar-refractivity contribution in [1.29, 1.82) is 0 Å². The molecule has 0 radical (unpaired) electrons. The zero-order valence-corrected chi connectivity index (χ0v) is 17.7. The van der Waals surface area contributed by atoms with Crippen LogP contribution in [0.1, 0.15) is 31.7 Å². The van der Waals surface area contributed by atoms with Crippen LogP contribution in [0.4, 0.5) is 5.69 Å². The third-order valence-corrected chi connectivity index (χ3v) is 5.93. The summed E-state index contributed by atoms with van der Waals surface area (Å²) in [5.41, 5.74) is 5.82. The molecule has 2 N–H and O–H groups in total.